The summed E-state index contributed by atoms with van der Waals surface area (Å²) in [5.74, 6) is 0. The van der Waals surface area contributed by atoms with Crippen molar-refractivity contribution in [1.29, 1.82) is 0 Å². The topological polar surface area (TPSA) is 0 Å². The summed E-state index contributed by atoms with van der Waals surface area (Å²) in [5, 5.41) is 0. The number of hydrogen-bond acceptors (Lipinski definition) is 0. The molecule has 0 unspecified atom stereocenters. The van der Waals surface area contributed by atoms with Gasteiger partial charge in [-0.3, -0.25) is 0 Å². The van der Waals surface area contributed by atoms with Crippen LogP contribution in [0.2, 0.25) is 22.7 Å². The molecule has 4 heteroatoms. The van der Waals surface area contributed by atoms with Crippen LogP contribution in [0.15, 0.2) is 0 Å². The molecule has 0 amide bonds. The Morgan fingerprint density at radius 2 is 0.750 bits per heavy atom. The third kappa shape index (κ3) is 3.01. The lowest BCUT2D eigenvalue weighted by molar-refractivity contribution is 1.71. The molecule has 1 aliphatic heterocycles. The van der Waals surface area contributed by atoms with Crippen molar-refractivity contribution in [3.05, 3.63) is 0 Å². The van der Waals surface area contributed by atoms with E-state index in [0.717, 1.165) is 0 Å². The second kappa shape index (κ2) is 4.72. The molecular weight excluding hydrogens is 160 g/mol. The Hall–Kier alpha value is 0.868. The molecule has 0 aromatic heterocycles. The van der Waals surface area contributed by atoms with Gasteiger partial charge >= 0.3 is 0 Å². The van der Waals surface area contributed by atoms with E-state index in [0.29, 0.717) is 38.1 Å². The van der Waals surface area contributed by atoms with Gasteiger partial charge in [-0.1, -0.05) is 22.7 Å². The molecule has 0 atom stereocenters. The standard InChI is InChI=1S/C4H16Si4/c1-5-2-7-4-8-3-6-1/h1-8H2. The van der Waals surface area contributed by atoms with E-state index >= 15 is 0 Å². The average Bonchev–Trinajstić information content (AvgIpc) is 1.62. The molecule has 0 spiro atoms. The van der Waals surface area contributed by atoms with Crippen molar-refractivity contribution in [2.24, 2.45) is 0 Å². The van der Waals surface area contributed by atoms with Crippen LogP contribution in [0.25, 0.3) is 0 Å². The first kappa shape index (κ1) is 6.98. The van der Waals surface area contributed by atoms with Gasteiger partial charge in [-0.2, -0.15) is 0 Å². The maximum atomic E-state index is 1.85. The molecule has 0 nitrogen and oxygen atoms in total. The second-order valence-electron chi connectivity index (χ2n) is 2.83. The third-order valence-electron chi connectivity index (χ3n) is 2.00. The van der Waals surface area contributed by atoms with E-state index in [1.54, 1.807) is 0 Å². The molecule has 1 fully saturated rings. The molecular formula is C4H16Si4. The maximum absolute atomic E-state index is 1.85. The van der Waals surface area contributed by atoms with Crippen molar-refractivity contribution in [2.45, 2.75) is 22.7 Å². The summed E-state index contributed by atoms with van der Waals surface area (Å²) in [4.78, 5) is 0. The van der Waals surface area contributed by atoms with E-state index < -0.39 is 0 Å². The molecule has 0 aliphatic carbocycles. The van der Waals surface area contributed by atoms with E-state index in [9.17, 15) is 0 Å². The fraction of sp³-hybridized carbons (Fsp3) is 1.00. The van der Waals surface area contributed by atoms with Crippen LogP contribution in [-0.4, -0.2) is 38.1 Å². The lowest BCUT2D eigenvalue weighted by Gasteiger charge is -2.03. The number of rotatable bonds is 0. The van der Waals surface area contributed by atoms with Gasteiger partial charge < -0.3 is 0 Å². The number of hydrogen-bond donors (Lipinski definition) is 0. The Labute approximate surface area is 61.1 Å². The van der Waals surface area contributed by atoms with Gasteiger partial charge in [-0.15, -0.1) is 0 Å². The predicted molar refractivity (Wildman–Crippen MR) is 53.4 cm³/mol. The zero-order valence-corrected chi connectivity index (χ0v) is 11.3. The summed E-state index contributed by atoms with van der Waals surface area (Å²) in [6.45, 7) is 0. The Balaban J connectivity index is 2.00. The van der Waals surface area contributed by atoms with Gasteiger partial charge in [0, 0.05) is 38.1 Å². The highest BCUT2D eigenvalue weighted by molar-refractivity contribution is 6.75. The highest BCUT2D eigenvalue weighted by Crippen LogP contribution is 1.94. The van der Waals surface area contributed by atoms with Gasteiger partial charge in [0.2, 0.25) is 0 Å². The van der Waals surface area contributed by atoms with E-state index in [1.165, 1.54) is 0 Å². The summed E-state index contributed by atoms with van der Waals surface area (Å²) in [6, 6.07) is 0. The maximum Gasteiger partial charge on any atom is 0.0134 e. The van der Waals surface area contributed by atoms with Gasteiger partial charge in [0.15, 0.2) is 0 Å². The average molecular weight is 177 g/mol. The Morgan fingerprint density at radius 1 is 0.500 bits per heavy atom. The van der Waals surface area contributed by atoms with Crippen molar-refractivity contribution in [1.82, 2.24) is 0 Å². The smallest absolute Gasteiger partial charge is 0.0134 e. The van der Waals surface area contributed by atoms with Crippen molar-refractivity contribution in [2.75, 3.05) is 0 Å². The summed E-state index contributed by atoms with van der Waals surface area (Å²) in [6.07, 6.45) is 0. The minimum absolute atomic E-state index is 0.597. The van der Waals surface area contributed by atoms with Gasteiger partial charge in [0.05, 0.1) is 0 Å². The van der Waals surface area contributed by atoms with Crippen LogP contribution in [-0.2, 0) is 0 Å². The zero-order chi connectivity index (χ0) is 5.66. The van der Waals surface area contributed by atoms with E-state index in [4.69, 9.17) is 0 Å². The van der Waals surface area contributed by atoms with Crippen LogP contribution in [0, 0.1) is 0 Å². The normalized spacial score (nSPS) is 36.0. The van der Waals surface area contributed by atoms with Gasteiger partial charge in [0.1, 0.15) is 0 Å². The van der Waals surface area contributed by atoms with Gasteiger partial charge in [-0.05, 0) is 0 Å². The molecule has 0 bridgehead atoms. The lowest BCUT2D eigenvalue weighted by Crippen LogP contribution is -2.10. The summed E-state index contributed by atoms with van der Waals surface area (Å²) in [7, 11) is 2.39. The van der Waals surface area contributed by atoms with Crippen molar-refractivity contribution >= 4 is 38.1 Å². The fourth-order valence-corrected chi connectivity index (χ4v) is 25.5. The van der Waals surface area contributed by atoms with Crippen LogP contribution >= 0.6 is 0 Å². The van der Waals surface area contributed by atoms with Crippen LogP contribution < -0.4 is 0 Å². The summed E-state index contributed by atoms with van der Waals surface area (Å²) >= 11 is 0. The molecule has 0 aromatic carbocycles. The highest BCUT2D eigenvalue weighted by Gasteiger charge is 1.98. The first-order valence-electron chi connectivity index (χ1n) is 4.00. The second-order valence-corrected chi connectivity index (χ2v) is 17.0. The van der Waals surface area contributed by atoms with Crippen LogP contribution in [0.1, 0.15) is 0 Å². The molecule has 0 aromatic rings. The van der Waals surface area contributed by atoms with E-state index in [-0.39, 0.29) is 0 Å². The Bertz CT molecular complexity index is 32.0. The van der Waals surface area contributed by atoms with Gasteiger partial charge in [0.25, 0.3) is 0 Å². The van der Waals surface area contributed by atoms with Crippen LogP contribution in [0.5, 0.6) is 0 Å². The molecule has 0 saturated carbocycles. The van der Waals surface area contributed by atoms with Crippen molar-refractivity contribution in [3.8, 4) is 0 Å². The van der Waals surface area contributed by atoms with E-state index in [2.05, 4.69) is 0 Å². The van der Waals surface area contributed by atoms with Crippen molar-refractivity contribution in [3.63, 3.8) is 0 Å². The summed E-state index contributed by atoms with van der Waals surface area (Å²) < 4.78 is 0. The zero-order valence-electron chi connectivity index (χ0n) is 5.66. The molecule has 1 aliphatic rings. The minimum atomic E-state index is 0.597. The van der Waals surface area contributed by atoms with Crippen molar-refractivity contribution < 1.29 is 0 Å². The SMILES string of the molecule is C1[SiH2]C[SiH2]C[SiH2]C[SiH2]1. The molecule has 48 valence electrons. The molecule has 1 heterocycles. The highest BCUT2D eigenvalue weighted by atomic mass is 28.3. The molecule has 8 heavy (non-hydrogen) atoms. The van der Waals surface area contributed by atoms with E-state index in [1.807, 2.05) is 22.7 Å². The Morgan fingerprint density at radius 3 is 1.00 bits per heavy atom. The largest absolute Gasteiger partial charge is 0.0725 e. The monoisotopic (exact) mass is 176 g/mol. The molecule has 1 saturated heterocycles. The predicted octanol–water partition coefficient (Wildman–Crippen LogP) is -1.82. The third-order valence-corrected chi connectivity index (χ3v) is 18.0. The first-order valence-corrected chi connectivity index (χ1v) is 12.0. The van der Waals surface area contributed by atoms with Crippen LogP contribution in [0.4, 0.5) is 0 Å². The quantitative estimate of drug-likeness (QED) is 0.381. The molecule has 0 N–H and O–H groups in total. The summed E-state index contributed by atoms with van der Waals surface area (Å²) in [5.41, 5.74) is 7.39. The minimum Gasteiger partial charge on any atom is -0.0725 e. The fourth-order valence-electron chi connectivity index (χ4n) is 1.41. The van der Waals surface area contributed by atoms with Crippen LogP contribution in [0.3, 0.4) is 0 Å². The Kier molecular flexibility index (Phi) is 4.12. The molecule has 1 rings (SSSR count). The first-order chi connectivity index (χ1) is 4.00. The lowest BCUT2D eigenvalue weighted by atomic mass is 11.8. The molecule has 0 radical (unpaired) electrons. The van der Waals surface area contributed by atoms with Gasteiger partial charge in [-0.25, -0.2) is 0 Å².